The Kier molecular flexibility index (Phi) is 15.0. The maximum atomic E-state index is 11.4. The number of carbonyl (C=O) groups excluding carboxylic acids is 1. The van der Waals surface area contributed by atoms with Crippen molar-refractivity contribution in [1.82, 2.24) is 0 Å². The molecule has 0 aliphatic heterocycles. The molecule has 22 heavy (non-hydrogen) atoms. The van der Waals surface area contributed by atoms with Gasteiger partial charge in [-0.3, -0.25) is 4.79 Å². The monoisotopic (exact) mass is 312 g/mol. The first kappa shape index (κ1) is 21.5. The summed E-state index contributed by atoms with van der Waals surface area (Å²) in [5.74, 6) is 0.617. The van der Waals surface area contributed by atoms with E-state index in [0.717, 1.165) is 6.42 Å². The Morgan fingerprint density at radius 2 is 1.27 bits per heavy atom. The lowest BCUT2D eigenvalue weighted by Gasteiger charge is -2.15. The van der Waals surface area contributed by atoms with Crippen LogP contribution in [-0.2, 0) is 9.53 Å². The fourth-order valence-corrected chi connectivity index (χ4v) is 3.18. The van der Waals surface area contributed by atoms with Crippen molar-refractivity contribution >= 4 is 5.97 Å². The lowest BCUT2D eigenvalue weighted by atomic mass is 9.92. The molecule has 2 nitrogen and oxygen atoms in total. The van der Waals surface area contributed by atoms with Gasteiger partial charge in [-0.15, -0.1) is 0 Å². The van der Waals surface area contributed by atoms with Gasteiger partial charge >= 0.3 is 5.97 Å². The van der Waals surface area contributed by atoms with E-state index in [1.54, 1.807) is 0 Å². The number of esters is 1. The normalized spacial score (nSPS) is 13.8. The Hall–Kier alpha value is -0.530. The van der Waals surface area contributed by atoms with Crippen molar-refractivity contribution in [3.63, 3.8) is 0 Å². The first-order chi connectivity index (χ1) is 10.6. The molecule has 0 spiro atoms. The predicted octanol–water partition coefficient (Wildman–Crippen LogP) is 6.52. The van der Waals surface area contributed by atoms with Crippen molar-refractivity contribution in [2.24, 2.45) is 11.8 Å². The zero-order valence-electron chi connectivity index (χ0n) is 15.7. The minimum absolute atomic E-state index is 0.0488. The summed E-state index contributed by atoms with van der Waals surface area (Å²) < 4.78 is 4.79. The summed E-state index contributed by atoms with van der Waals surface area (Å²) in [4.78, 5) is 11.4. The molecule has 0 bridgehead atoms. The average molecular weight is 313 g/mol. The molecule has 0 aromatic carbocycles. The molecule has 0 heterocycles. The first-order valence-corrected chi connectivity index (χ1v) is 9.69. The molecule has 0 saturated carbocycles. The lowest BCUT2D eigenvalue weighted by molar-refractivity contribution is -0.145. The molecule has 0 unspecified atom stereocenters. The molecule has 0 aliphatic carbocycles. The third kappa shape index (κ3) is 13.2. The average Bonchev–Trinajstić information content (AvgIpc) is 2.51. The van der Waals surface area contributed by atoms with Gasteiger partial charge in [0.2, 0.25) is 0 Å². The highest BCUT2D eigenvalue weighted by Gasteiger charge is 2.16. The molecule has 0 aliphatic rings. The third-order valence-corrected chi connectivity index (χ3v) is 4.66. The third-order valence-electron chi connectivity index (χ3n) is 4.66. The number of unbranched alkanes of at least 4 members (excludes halogenated alkanes) is 10. The van der Waals surface area contributed by atoms with E-state index in [9.17, 15) is 4.79 Å². The van der Waals surface area contributed by atoms with Crippen LogP contribution < -0.4 is 0 Å². The fourth-order valence-electron chi connectivity index (χ4n) is 3.18. The quantitative estimate of drug-likeness (QED) is 0.254. The lowest BCUT2D eigenvalue weighted by Crippen LogP contribution is -2.15. The Labute approximate surface area is 139 Å². The number of ether oxygens (including phenoxy) is 1. The van der Waals surface area contributed by atoms with Crippen LogP contribution in [0.1, 0.15) is 104 Å². The van der Waals surface area contributed by atoms with Gasteiger partial charge in [0.25, 0.3) is 0 Å². The summed E-state index contributed by atoms with van der Waals surface area (Å²) in [6, 6.07) is 0. The van der Waals surface area contributed by atoms with Crippen molar-refractivity contribution < 1.29 is 9.53 Å². The molecule has 0 aromatic heterocycles. The fraction of sp³-hybridized carbons (Fsp3) is 0.950. The van der Waals surface area contributed by atoms with Crippen LogP contribution in [0.15, 0.2) is 0 Å². The van der Waals surface area contributed by atoms with Crippen molar-refractivity contribution in [2.75, 3.05) is 7.11 Å². The number of carbonyl (C=O) groups is 1. The van der Waals surface area contributed by atoms with Crippen LogP contribution in [-0.4, -0.2) is 13.1 Å². The highest BCUT2D eigenvalue weighted by Crippen LogP contribution is 2.20. The highest BCUT2D eigenvalue weighted by molar-refractivity contribution is 5.71. The van der Waals surface area contributed by atoms with Gasteiger partial charge in [0, 0.05) is 0 Å². The minimum atomic E-state index is -0.0641. The Morgan fingerprint density at radius 3 is 1.73 bits per heavy atom. The molecule has 0 aromatic rings. The van der Waals surface area contributed by atoms with Crippen LogP contribution in [0, 0.1) is 11.8 Å². The summed E-state index contributed by atoms with van der Waals surface area (Å²) in [5.41, 5.74) is 0. The van der Waals surface area contributed by atoms with Gasteiger partial charge in [0.05, 0.1) is 13.0 Å². The van der Waals surface area contributed by atoms with Crippen LogP contribution in [0.25, 0.3) is 0 Å². The maximum Gasteiger partial charge on any atom is 0.308 e. The molecule has 0 N–H and O–H groups in total. The molecule has 0 radical (unpaired) electrons. The Morgan fingerprint density at radius 1 is 0.818 bits per heavy atom. The van der Waals surface area contributed by atoms with E-state index in [1.165, 1.54) is 84.2 Å². The predicted molar refractivity (Wildman–Crippen MR) is 96.0 cm³/mol. The number of methoxy groups -OCH3 is 1. The number of hydrogen-bond acceptors (Lipinski definition) is 2. The standard InChI is InChI=1S/C20H40O2/c1-5-6-7-8-9-10-11-12-13-14-15-16-18(2)17-19(3)20(21)22-4/h18-19H,5-17H2,1-4H3/t18-,19+/m1/s1. The summed E-state index contributed by atoms with van der Waals surface area (Å²) in [6.45, 7) is 6.51. The smallest absolute Gasteiger partial charge is 0.308 e. The minimum Gasteiger partial charge on any atom is -0.469 e. The van der Waals surface area contributed by atoms with Crippen LogP contribution in [0.5, 0.6) is 0 Å². The second-order valence-electron chi connectivity index (χ2n) is 7.09. The van der Waals surface area contributed by atoms with E-state index in [1.807, 2.05) is 6.92 Å². The summed E-state index contributed by atoms with van der Waals surface area (Å²) in [7, 11) is 1.48. The van der Waals surface area contributed by atoms with Crippen molar-refractivity contribution in [3.8, 4) is 0 Å². The van der Waals surface area contributed by atoms with E-state index in [2.05, 4.69) is 13.8 Å². The van der Waals surface area contributed by atoms with Gasteiger partial charge in [0.15, 0.2) is 0 Å². The van der Waals surface area contributed by atoms with E-state index in [-0.39, 0.29) is 11.9 Å². The van der Waals surface area contributed by atoms with E-state index >= 15 is 0 Å². The van der Waals surface area contributed by atoms with Gasteiger partial charge in [-0.1, -0.05) is 97.8 Å². The molecular weight excluding hydrogens is 272 g/mol. The summed E-state index contributed by atoms with van der Waals surface area (Å²) in [5, 5.41) is 0. The second kappa shape index (κ2) is 15.4. The van der Waals surface area contributed by atoms with Crippen LogP contribution in [0.3, 0.4) is 0 Å². The zero-order chi connectivity index (χ0) is 16.6. The first-order valence-electron chi connectivity index (χ1n) is 9.69. The number of rotatable bonds is 15. The molecule has 132 valence electrons. The second-order valence-corrected chi connectivity index (χ2v) is 7.09. The van der Waals surface area contributed by atoms with Crippen molar-refractivity contribution in [3.05, 3.63) is 0 Å². The maximum absolute atomic E-state index is 11.4. The van der Waals surface area contributed by atoms with Crippen LogP contribution in [0.2, 0.25) is 0 Å². The SMILES string of the molecule is CCCCCCCCCCCCC[C@@H](C)C[C@H](C)C(=O)OC. The molecule has 0 amide bonds. The van der Waals surface area contributed by atoms with Crippen LogP contribution in [0.4, 0.5) is 0 Å². The van der Waals surface area contributed by atoms with Gasteiger partial charge in [-0.2, -0.15) is 0 Å². The summed E-state index contributed by atoms with van der Waals surface area (Å²) >= 11 is 0. The van der Waals surface area contributed by atoms with Crippen molar-refractivity contribution in [1.29, 1.82) is 0 Å². The topological polar surface area (TPSA) is 26.3 Å². The van der Waals surface area contributed by atoms with E-state index < -0.39 is 0 Å². The van der Waals surface area contributed by atoms with E-state index in [4.69, 9.17) is 4.74 Å². The number of hydrogen-bond donors (Lipinski definition) is 0. The van der Waals surface area contributed by atoms with Crippen molar-refractivity contribution in [2.45, 2.75) is 104 Å². The molecule has 0 fully saturated rings. The van der Waals surface area contributed by atoms with Crippen LogP contribution >= 0.6 is 0 Å². The molecule has 2 atom stereocenters. The molecule has 0 rings (SSSR count). The Balaban J connectivity index is 3.30. The van der Waals surface area contributed by atoms with Gasteiger partial charge in [-0.25, -0.2) is 0 Å². The summed E-state index contributed by atoms with van der Waals surface area (Å²) in [6.07, 6.45) is 17.6. The molecule has 0 saturated heterocycles. The van der Waals surface area contributed by atoms with Gasteiger partial charge in [-0.05, 0) is 12.3 Å². The van der Waals surface area contributed by atoms with E-state index in [0.29, 0.717) is 5.92 Å². The zero-order valence-corrected chi connectivity index (χ0v) is 15.7. The molecule has 2 heteroatoms. The Bertz CT molecular complexity index is 250. The largest absolute Gasteiger partial charge is 0.469 e. The van der Waals surface area contributed by atoms with Gasteiger partial charge < -0.3 is 4.74 Å². The molecular formula is C20H40O2. The highest BCUT2D eigenvalue weighted by atomic mass is 16.5. The van der Waals surface area contributed by atoms with Gasteiger partial charge in [0.1, 0.15) is 0 Å².